The maximum absolute atomic E-state index is 13.4. The van der Waals surface area contributed by atoms with Crippen molar-refractivity contribution in [2.75, 3.05) is 13.1 Å². The van der Waals surface area contributed by atoms with Gasteiger partial charge in [0, 0.05) is 37.0 Å². The van der Waals surface area contributed by atoms with E-state index in [0.717, 1.165) is 19.3 Å². The van der Waals surface area contributed by atoms with E-state index >= 15 is 0 Å². The van der Waals surface area contributed by atoms with E-state index in [-0.39, 0.29) is 22.0 Å². The number of aromatic nitrogens is 3. The van der Waals surface area contributed by atoms with Crippen molar-refractivity contribution in [3.05, 3.63) is 60.5 Å². The molecule has 0 N–H and O–H groups in total. The van der Waals surface area contributed by atoms with Gasteiger partial charge in [-0.15, -0.1) is 10.2 Å². The Bertz CT molecular complexity index is 1140. The normalized spacial score (nSPS) is 21.3. The molecule has 2 aromatic heterocycles. The van der Waals surface area contributed by atoms with Crippen LogP contribution in [0.25, 0.3) is 11.5 Å². The smallest absolute Gasteiger partial charge is 0.247 e. The van der Waals surface area contributed by atoms with E-state index in [2.05, 4.69) is 15.2 Å². The Kier molecular flexibility index (Phi) is 4.25. The summed E-state index contributed by atoms with van der Waals surface area (Å²) in [5.74, 6) is 0.624. The number of piperidine rings is 1. The van der Waals surface area contributed by atoms with Crippen LogP contribution in [0.1, 0.15) is 31.1 Å². The van der Waals surface area contributed by atoms with Gasteiger partial charge < -0.3 is 4.42 Å². The van der Waals surface area contributed by atoms with Gasteiger partial charge in [0.15, 0.2) is 0 Å². The van der Waals surface area contributed by atoms with Gasteiger partial charge in [-0.1, -0.05) is 6.07 Å². The first-order chi connectivity index (χ1) is 14.0. The van der Waals surface area contributed by atoms with Gasteiger partial charge in [-0.05, 0) is 55.0 Å². The van der Waals surface area contributed by atoms with E-state index in [1.807, 2.05) is 0 Å². The molecule has 1 aliphatic carbocycles. The van der Waals surface area contributed by atoms with Crippen molar-refractivity contribution in [2.24, 2.45) is 5.41 Å². The van der Waals surface area contributed by atoms with Crippen molar-refractivity contribution < 1.29 is 17.2 Å². The van der Waals surface area contributed by atoms with Crippen LogP contribution in [-0.2, 0) is 10.0 Å². The Labute approximate surface area is 167 Å². The van der Waals surface area contributed by atoms with Crippen molar-refractivity contribution in [1.29, 1.82) is 0 Å². The standard InChI is InChI=1S/C20H19FN4O3S/c21-15-4-1-3-14(11-15)18-23-24-19(28-18)17-12-20(17)6-9-25(10-7-20)29(26,27)16-5-2-8-22-13-16/h1-5,8,11,13,17H,6-7,9-10,12H2/t17-/m1/s1. The molecule has 1 saturated heterocycles. The molecule has 29 heavy (non-hydrogen) atoms. The van der Waals surface area contributed by atoms with Crippen molar-refractivity contribution >= 4 is 10.0 Å². The Morgan fingerprint density at radius 1 is 1.14 bits per heavy atom. The van der Waals surface area contributed by atoms with Crippen LogP contribution in [-0.4, -0.2) is 41.0 Å². The molecule has 9 heteroatoms. The average molecular weight is 414 g/mol. The van der Waals surface area contributed by atoms with Gasteiger partial charge in [0.05, 0.1) is 0 Å². The van der Waals surface area contributed by atoms with E-state index in [1.54, 1.807) is 30.5 Å². The van der Waals surface area contributed by atoms with Gasteiger partial charge in [-0.3, -0.25) is 4.98 Å². The number of hydrogen-bond acceptors (Lipinski definition) is 6. The molecule has 150 valence electrons. The van der Waals surface area contributed by atoms with E-state index in [4.69, 9.17) is 4.42 Å². The molecule has 0 bridgehead atoms. The van der Waals surface area contributed by atoms with E-state index in [0.29, 0.717) is 30.4 Å². The first-order valence-corrected chi connectivity index (χ1v) is 10.9. The molecular weight excluding hydrogens is 395 g/mol. The fourth-order valence-electron chi connectivity index (χ4n) is 4.18. The number of benzene rings is 1. The number of nitrogens with zero attached hydrogens (tertiary/aromatic N) is 4. The zero-order valence-corrected chi connectivity index (χ0v) is 16.3. The maximum atomic E-state index is 13.4. The molecule has 3 heterocycles. The highest BCUT2D eigenvalue weighted by atomic mass is 32.2. The first-order valence-electron chi connectivity index (χ1n) is 9.47. The van der Waals surface area contributed by atoms with Crippen LogP contribution < -0.4 is 0 Å². The van der Waals surface area contributed by atoms with Crippen molar-refractivity contribution in [3.8, 4) is 11.5 Å². The van der Waals surface area contributed by atoms with E-state index in [1.165, 1.54) is 22.6 Å². The van der Waals surface area contributed by atoms with Crippen LogP contribution >= 0.6 is 0 Å². The summed E-state index contributed by atoms with van der Waals surface area (Å²) in [4.78, 5) is 4.14. The number of halogens is 1. The van der Waals surface area contributed by atoms with Crippen LogP contribution in [0.4, 0.5) is 4.39 Å². The van der Waals surface area contributed by atoms with Gasteiger partial charge in [0.1, 0.15) is 10.7 Å². The predicted molar refractivity (Wildman–Crippen MR) is 102 cm³/mol. The minimum atomic E-state index is -3.52. The SMILES string of the molecule is O=S(=O)(c1cccnc1)N1CCC2(CC1)C[C@@H]2c1nnc(-c2cccc(F)c2)o1. The predicted octanol–water partition coefficient (Wildman–Crippen LogP) is 3.23. The van der Waals surface area contributed by atoms with Crippen molar-refractivity contribution in [1.82, 2.24) is 19.5 Å². The summed E-state index contributed by atoms with van der Waals surface area (Å²) in [5.41, 5.74) is 0.558. The Morgan fingerprint density at radius 2 is 1.97 bits per heavy atom. The lowest BCUT2D eigenvalue weighted by Gasteiger charge is -2.31. The molecule has 3 aromatic rings. The molecule has 5 rings (SSSR count). The largest absolute Gasteiger partial charge is 0.420 e. The van der Waals surface area contributed by atoms with Gasteiger partial charge in [0.2, 0.25) is 21.8 Å². The first kappa shape index (κ1) is 18.4. The van der Waals surface area contributed by atoms with Gasteiger partial charge in [-0.2, -0.15) is 4.31 Å². The summed E-state index contributed by atoms with van der Waals surface area (Å²) in [6.07, 6.45) is 5.33. The lowest BCUT2D eigenvalue weighted by molar-refractivity contribution is 0.246. The highest BCUT2D eigenvalue weighted by Crippen LogP contribution is 2.64. The molecule has 1 saturated carbocycles. The molecule has 1 spiro atoms. The van der Waals surface area contributed by atoms with Crippen LogP contribution in [0.5, 0.6) is 0 Å². The minimum absolute atomic E-state index is 0.00665. The number of pyridine rings is 1. The van der Waals surface area contributed by atoms with Gasteiger partial charge in [-0.25, -0.2) is 12.8 Å². The fraction of sp³-hybridized carbons (Fsp3) is 0.350. The lowest BCUT2D eigenvalue weighted by atomic mass is 9.92. The quantitative estimate of drug-likeness (QED) is 0.651. The van der Waals surface area contributed by atoms with Crippen LogP contribution in [0.3, 0.4) is 0 Å². The third-order valence-electron chi connectivity index (χ3n) is 5.99. The number of rotatable bonds is 4. The second-order valence-corrected chi connectivity index (χ2v) is 9.61. The summed E-state index contributed by atoms with van der Waals surface area (Å²) >= 11 is 0. The Morgan fingerprint density at radius 3 is 2.69 bits per heavy atom. The fourth-order valence-corrected chi connectivity index (χ4v) is 5.59. The highest BCUT2D eigenvalue weighted by Gasteiger charge is 2.58. The van der Waals surface area contributed by atoms with Crippen LogP contribution in [0, 0.1) is 11.2 Å². The third kappa shape index (κ3) is 3.24. The Balaban J connectivity index is 1.28. The maximum Gasteiger partial charge on any atom is 0.247 e. The van der Waals surface area contributed by atoms with Crippen molar-refractivity contribution in [2.45, 2.75) is 30.1 Å². The second-order valence-electron chi connectivity index (χ2n) is 7.67. The highest BCUT2D eigenvalue weighted by molar-refractivity contribution is 7.89. The molecule has 0 amide bonds. The third-order valence-corrected chi connectivity index (χ3v) is 7.87. The van der Waals surface area contributed by atoms with Crippen LogP contribution in [0.2, 0.25) is 0 Å². The monoisotopic (exact) mass is 414 g/mol. The second kappa shape index (κ2) is 6.70. The van der Waals surface area contributed by atoms with Gasteiger partial charge in [0.25, 0.3) is 0 Å². The minimum Gasteiger partial charge on any atom is -0.420 e. The topological polar surface area (TPSA) is 89.2 Å². The summed E-state index contributed by atoms with van der Waals surface area (Å²) in [5, 5.41) is 8.23. The van der Waals surface area contributed by atoms with E-state index in [9.17, 15) is 12.8 Å². The molecule has 1 atom stereocenters. The van der Waals surface area contributed by atoms with Crippen LogP contribution in [0.15, 0.2) is 58.1 Å². The average Bonchev–Trinajstić information content (AvgIpc) is 3.20. The summed E-state index contributed by atoms with van der Waals surface area (Å²) < 4.78 is 46.3. The Hall–Kier alpha value is -2.65. The summed E-state index contributed by atoms with van der Waals surface area (Å²) in [6, 6.07) is 9.25. The molecule has 0 unspecified atom stereocenters. The zero-order valence-electron chi connectivity index (χ0n) is 15.5. The molecule has 0 radical (unpaired) electrons. The number of hydrogen-bond donors (Lipinski definition) is 0. The molecule has 1 aliphatic heterocycles. The zero-order chi connectivity index (χ0) is 20.1. The van der Waals surface area contributed by atoms with E-state index < -0.39 is 10.0 Å². The number of sulfonamides is 1. The molecular formula is C20H19FN4O3S. The molecule has 1 aromatic carbocycles. The van der Waals surface area contributed by atoms with Crippen molar-refractivity contribution in [3.63, 3.8) is 0 Å². The molecule has 2 fully saturated rings. The summed E-state index contributed by atoms with van der Waals surface area (Å²) in [6.45, 7) is 0.914. The molecule has 2 aliphatic rings. The lowest BCUT2D eigenvalue weighted by Crippen LogP contribution is -2.39. The summed E-state index contributed by atoms with van der Waals surface area (Å²) in [7, 11) is -3.52. The molecule has 7 nitrogen and oxygen atoms in total. The van der Waals surface area contributed by atoms with Gasteiger partial charge >= 0.3 is 0 Å².